The monoisotopic (exact) mass is 249 g/mol. The molecule has 0 heterocycles. The van der Waals surface area contributed by atoms with E-state index in [1.807, 2.05) is 30.3 Å². The Morgan fingerprint density at radius 3 is 2.61 bits per heavy atom. The maximum atomic E-state index is 14.1. The number of hydrogen-bond donors (Lipinski definition) is 0. The van der Waals surface area contributed by atoms with Gasteiger partial charge >= 0.3 is 0 Å². The van der Waals surface area contributed by atoms with E-state index in [4.69, 9.17) is 0 Å². The summed E-state index contributed by atoms with van der Waals surface area (Å²) >= 11 is 0. The van der Waals surface area contributed by atoms with E-state index in [0.29, 0.717) is 5.57 Å². The lowest BCUT2D eigenvalue weighted by Gasteiger charge is -2.25. The second-order valence-electron chi connectivity index (χ2n) is 3.95. The van der Waals surface area contributed by atoms with Crippen molar-refractivity contribution in [2.24, 2.45) is 0 Å². The first-order valence-electron chi connectivity index (χ1n) is 5.41. The number of nitrogens with zero attached hydrogens (tertiary/aromatic N) is 1. The first-order valence-corrected chi connectivity index (χ1v) is 5.41. The number of alkyl halides is 1. The van der Waals surface area contributed by atoms with E-state index in [-0.39, 0.29) is 0 Å². The molecule has 2 rings (SSSR count). The minimum Gasteiger partial charge on any atom is -0.341 e. The number of benzene rings is 1. The lowest BCUT2D eigenvalue weighted by Crippen LogP contribution is -2.43. The van der Waals surface area contributed by atoms with Crippen LogP contribution in [0.2, 0.25) is 0 Å². The number of halogens is 1. The fourth-order valence-corrected chi connectivity index (χ4v) is 1.86. The van der Waals surface area contributed by atoms with E-state index in [1.165, 1.54) is 12.2 Å². The van der Waals surface area contributed by atoms with Crippen LogP contribution in [0.5, 0.6) is 0 Å². The van der Waals surface area contributed by atoms with Gasteiger partial charge in [0.15, 0.2) is 0 Å². The summed E-state index contributed by atoms with van der Waals surface area (Å²) in [5.41, 5.74) is 1.42. The van der Waals surface area contributed by atoms with E-state index in [1.54, 1.807) is 0 Å². The molecule has 0 saturated carbocycles. The Morgan fingerprint density at radius 2 is 2.06 bits per heavy atom. The highest BCUT2D eigenvalue weighted by atomic mass is 19.2. The number of allylic oxidation sites excluding steroid dienone is 2. The molecule has 1 aliphatic rings. The molecule has 0 aliphatic heterocycles. The highest BCUT2D eigenvalue weighted by Gasteiger charge is 2.46. The normalized spacial score (nSPS) is 26.8. The van der Waals surface area contributed by atoms with Crippen LogP contribution in [-0.4, -0.2) is 23.9 Å². The smallest absolute Gasteiger partial charge is 0.300 e. The molecule has 0 N–H and O–H groups in total. The molecular weight excluding hydrogens is 237 g/mol. The Kier molecular flexibility index (Phi) is 3.25. The molecule has 1 aromatic carbocycles. The maximum Gasteiger partial charge on any atom is 0.300 e. The molecule has 2 unspecified atom stereocenters. The van der Waals surface area contributed by atoms with Crippen LogP contribution in [0.3, 0.4) is 0 Å². The van der Waals surface area contributed by atoms with E-state index < -0.39 is 16.8 Å². The number of hydrogen-bond acceptors (Lipinski definition) is 3. The van der Waals surface area contributed by atoms with Crippen LogP contribution >= 0.6 is 0 Å². The first kappa shape index (κ1) is 12.4. The number of methoxy groups -OCH3 is 1. The zero-order valence-corrected chi connectivity index (χ0v) is 9.75. The molecule has 1 aromatic rings. The van der Waals surface area contributed by atoms with Crippen molar-refractivity contribution in [2.45, 2.75) is 11.9 Å². The Balaban J connectivity index is 2.40. The fourth-order valence-electron chi connectivity index (χ4n) is 1.86. The lowest BCUT2D eigenvalue weighted by atomic mass is 9.94. The molecule has 2 atom stereocenters. The summed E-state index contributed by atoms with van der Waals surface area (Å²) in [5, 5.41) is 10.9. The zero-order valence-electron chi connectivity index (χ0n) is 9.75. The Hall–Kier alpha value is -2.01. The zero-order chi connectivity index (χ0) is 13.2. The summed E-state index contributed by atoms with van der Waals surface area (Å²) in [6.07, 6.45) is 3.86. The Labute approximate surface area is 104 Å². The van der Waals surface area contributed by atoms with Gasteiger partial charge in [0.25, 0.3) is 11.9 Å². The van der Waals surface area contributed by atoms with Crippen molar-refractivity contribution in [1.29, 1.82) is 0 Å². The second kappa shape index (κ2) is 4.70. The summed E-state index contributed by atoms with van der Waals surface area (Å²) < 4.78 is 18.7. The van der Waals surface area contributed by atoms with Gasteiger partial charge in [-0.2, -0.15) is 4.39 Å². The van der Waals surface area contributed by atoms with Crippen LogP contribution < -0.4 is 0 Å². The van der Waals surface area contributed by atoms with Gasteiger partial charge < -0.3 is 4.74 Å². The molecule has 0 saturated heterocycles. The fraction of sp³-hybridized carbons (Fsp3) is 0.231. The average Bonchev–Trinajstić information content (AvgIpc) is 2.40. The molecule has 0 fully saturated rings. The van der Waals surface area contributed by atoms with Crippen LogP contribution in [0.1, 0.15) is 5.56 Å². The maximum absolute atomic E-state index is 14.1. The second-order valence-corrected chi connectivity index (χ2v) is 3.95. The van der Waals surface area contributed by atoms with Crippen molar-refractivity contribution in [3.63, 3.8) is 0 Å². The molecule has 5 heteroatoms. The van der Waals surface area contributed by atoms with Gasteiger partial charge in [0.05, 0.1) is 0 Å². The van der Waals surface area contributed by atoms with Gasteiger partial charge in [-0.25, -0.2) is 0 Å². The van der Waals surface area contributed by atoms with E-state index in [9.17, 15) is 14.5 Å². The van der Waals surface area contributed by atoms with Crippen molar-refractivity contribution in [1.82, 2.24) is 0 Å². The highest BCUT2D eigenvalue weighted by Crippen LogP contribution is 2.31. The molecule has 94 valence electrons. The third-order valence-electron chi connectivity index (χ3n) is 2.88. The molecular formula is C13H12FNO3. The van der Waals surface area contributed by atoms with Gasteiger partial charge in [-0.05, 0) is 17.2 Å². The topological polar surface area (TPSA) is 52.4 Å². The summed E-state index contributed by atoms with van der Waals surface area (Å²) in [6, 6.07) is 7.56. The van der Waals surface area contributed by atoms with Crippen LogP contribution in [0.15, 0.2) is 48.6 Å². The summed E-state index contributed by atoms with van der Waals surface area (Å²) in [5.74, 6) is -2.39. The number of ether oxygens (including phenoxy) is 1. The third-order valence-corrected chi connectivity index (χ3v) is 2.88. The van der Waals surface area contributed by atoms with Gasteiger partial charge in [0.1, 0.15) is 0 Å². The highest BCUT2D eigenvalue weighted by molar-refractivity contribution is 5.75. The van der Waals surface area contributed by atoms with Gasteiger partial charge in [-0.15, -0.1) is 0 Å². The van der Waals surface area contributed by atoms with Gasteiger partial charge in [0.2, 0.25) is 0 Å². The molecule has 4 nitrogen and oxygen atoms in total. The standard InChI is InChI=1S/C13H12FNO3/c1-18-13(14)8-7-11(9-12(13)15(16)17)10-5-3-2-4-6-10/h2-9,12H,1H3. The molecule has 0 aromatic heterocycles. The van der Waals surface area contributed by atoms with Crippen LogP contribution in [0.25, 0.3) is 5.57 Å². The van der Waals surface area contributed by atoms with Crippen molar-refractivity contribution >= 4 is 5.57 Å². The SMILES string of the molecule is COC1(F)C=CC(c2ccccc2)=CC1[N+](=O)[O-]. The predicted octanol–water partition coefficient (Wildman–Crippen LogP) is 2.60. The van der Waals surface area contributed by atoms with Gasteiger partial charge in [-0.3, -0.25) is 10.1 Å². The van der Waals surface area contributed by atoms with Crippen molar-refractivity contribution in [3.8, 4) is 0 Å². The summed E-state index contributed by atoms with van der Waals surface area (Å²) in [6.45, 7) is 0. The molecule has 0 amide bonds. The first-order chi connectivity index (χ1) is 8.57. The van der Waals surface area contributed by atoms with Gasteiger partial charge in [-0.1, -0.05) is 36.4 Å². The lowest BCUT2D eigenvalue weighted by molar-refractivity contribution is -0.538. The van der Waals surface area contributed by atoms with E-state index >= 15 is 0 Å². The summed E-state index contributed by atoms with van der Waals surface area (Å²) in [7, 11) is 1.11. The van der Waals surface area contributed by atoms with Crippen molar-refractivity contribution in [3.05, 3.63) is 64.2 Å². The Morgan fingerprint density at radius 1 is 1.39 bits per heavy atom. The number of rotatable bonds is 3. The third kappa shape index (κ3) is 2.17. The molecule has 18 heavy (non-hydrogen) atoms. The van der Waals surface area contributed by atoms with Crippen LogP contribution in [0.4, 0.5) is 4.39 Å². The quantitative estimate of drug-likeness (QED) is 0.611. The van der Waals surface area contributed by atoms with Gasteiger partial charge in [0, 0.05) is 18.1 Å². The predicted molar refractivity (Wildman–Crippen MR) is 65.2 cm³/mol. The van der Waals surface area contributed by atoms with Crippen LogP contribution in [0, 0.1) is 10.1 Å². The molecule has 1 aliphatic carbocycles. The number of nitro groups is 1. The molecule has 0 bridgehead atoms. The van der Waals surface area contributed by atoms with Crippen molar-refractivity contribution in [2.75, 3.05) is 7.11 Å². The van der Waals surface area contributed by atoms with Crippen molar-refractivity contribution < 1.29 is 14.1 Å². The Bertz CT molecular complexity index is 512. The minimum absolute atomic E-state index is 0.614. The van der Waals surface area contributed by atoms with E-state index in [2.05, 4.69) is 4.74 Å². The summed E-state index contributed by atoms with van der Waals surface area (Å²) in [4.78, 5) is 10.2. The molecule has 0 radical (unpaired) electrons. The minimum atomic E-state index is -2.39. The van der Waals surface area contributed by atoms with E-state index in [0.717, 1.165) is 18.7 Å². The largest absolute Gasteiger partial charge is 0.341 e. The average molecular weight is 249 g/mol. The molecule has 0 spiro atoms. The van der Waals surface area contributed by atoms with Crippen LogP contribution in [-0.2, 0) is 4.74 Å².